The van der Waals surface area contributed by atoms with E-state index in [0.29, 0.717) is 6.04 Å². The van der Waals surface area contributed by atoms with Crippen LogP contribution in [0.1, 0.15) is 36.9 Å². The summed E-state index contributed by atoms with van der Waals surface area (Å²) < 4.78 is 1.81. The summed E-state index contributed by atoms with van der Waals surface area (Å²) in [5.41, 5.74) is 2.44. The van der Waals surface area contributed by atoms with Crippen LogP contribution in [-0.2, 0) is 19.4 Å². The fourth-order valence-electron chi connectivity index (χ4n) is 2.91. The van der Waals surface area contributed by atoms with Gasteiger partial charge in [-0.15, -0.1) is 0 Å². The molecule has 1 aliphatic carbocycles. The Kier molecular flexibility index (Phi) is 2.59. The molecule has 0 spiro atoms. The van der Waals surface area contributed by atoms with Gasteiger partial charge >= 0.3 is 0 Å². The van der Waals surface area contributed by atoms with Crippen molar-refractivity contribution in [3.63, 3.8) is 0 Å². The number of aromatic amines is 1. The van der Waals surface area contributed by atoms with Gasteiger partial charge in [0, 0.05) is 17.3 Å². The number of hydrogen-bond acceptors (Lipinski definition) is 2. The molecule has 1 aliphatic heterocycles. The average Bonchev–Trinajstić information content (AvgIpc) is 2.86. The third-order valence-electron chi connectivity index (χ3n) is 3.81. The number of nitrogens with zero attached hydrogens (tertiary/aromatic N) is 1. The van der Waals surface area contributed by atoms with Gasteiger partial charge < -0.3 is 5.32 Å². The first-order valence-electron chi connectivity index (χ1n) is 6.38. The van der Waals surface area contributed by atoms with Crippen molar-refractivity contribution in [2.75, 3.05) is 6.54 Å². The molecule has 1 saturated heterocycles. The minimum absolute atomic E-state index is 0.222. The standard InChI is InChI=1S/C12H19N3O/c16-12-10-5-3-6-11(10)14-15(12)8-9-4-1-2-7-13-9/h9,13-14H,1-8H2. The van der Waals surface area contributed by atoms with Gasteiger partial charge in [-0.05, 0) is 38.6 Å². The molecule has 0 amide bonds. The quantitative estimate of drug-likeness (QED) is 0.776. The lowest BCUT2D eigenvalue weighted by atomic mass is 10.1. The Hall–Kier alpha value is -1.03. The molecule has 1 fully saturated rings. The van der Waals surface area contributed by atoms with E-state index < -0.39 is 0 Å². The molecule has 1 aromatic heterocycles. The summed E-state index contributed by atoms with van der Waals surface area (Å²) in [4.78, 5) is 12.0. The maximum atomic E-state index is 12.0. The van der Waals surface area contributed by atoms with E-state index >= 15 is 0 Å². The van der Waals surface area contributed by atoms with Gasteiger partial charge in [-0.3, -0.25) is 14.6 Å². The maximum absolute atomic E-state index is 12.0. The number of H-pyrrole nitrogens is 1. The highest BCUT2D eigenvalue weighted by Crippen LogP contribution is 2.16. The first-order chi connectivity index (χ1) is 7.84. The van der Waals surface area contributed by atoms with E-state index in [-0.39, 0.29) is 5.56 Å². The van der Waals surface area contributed by atoms with E-state index in [4.69, 9.17) is 0 Å². The molecule has 1 atom stereocenters. The first kappa shape index (κ1) is 10.1. The summed E-state index contributed by atoms with van der Waals surface area (Å²) in [6.45, 7) is 1.91. The van der Waals surface area contributed by atoms with Crippen LogP contribution >= 0.6 is 0 Å². The molecule has 2 aliphatic rings. The average molecular weight is 221 g/mol. The van der Waals surface area contributed by atoms with Gasteiger partial charge in [-0.1, -0.05) is 6.42 Å². The molecule has 2 heterocycles. The fourth-order valence-corrected chi connectivity index (χ4v) is 2.91. The molecule has 2 N–H and O–H groups in total. The second kappa shape index (κ2) is 4.09. The van der Waals surface area contributed by atoms with Gasteiger partial charge in [0.1, 0.15) is 0 Å². The molecule has 0 bridgehead atoms. The zero-order valence-electron chi connectivity index (χ0n) is 9.59. The van der Waals surface area contributed by atoms with Crippen molar-refractivity contribution in [3.8, 4) is 0 Å². The molecule has 1 aromatic rings. The van der Waals surface area contributed by atoms with Crippen LogP contribution in [0, 0.1) is 0 Å². The maximum Gasteiger partial charge on any atom is 0.269 e. The highest BCUT2D eigenvalue weighted by atomic mass is 16.1. The third-order valence-corrected chi connectivity index (χ3v) is 3.81. The largest absolute Gasteiger partial charge is 0.312 e. The highest BCUT2D eigenvalue weighted by molar-refractivity contribution is 5.22. The van der Waals surface area contributed by atoms with Crippen molar-refractivity contribution in [1.29, 1.82) is 0 Å². The molecule has 4 heteroatoms. The molecule has 0 radical (unpaired) electrons. The van der Waals surface area contributed by atoms with Crippen LogP contribution < -0.4 is 10.9 Å². The van der Waals surface area contributed by atoms with E-state index in [1.165, 1.54) is 25.0 Å². The van der Waals surface area contributed by atoms with Crippen molar-refractivity contribution >= 4 is 0 Å². The van der Waals surface area contributed by atoms with Crippen LogP contribution in [0.2, 0.25) is 0 Å². The summed E-state index contributed by atoms with van der Waals surface area (Å²) >= 11 is 0. The van der Waals surface area contributed by atoms with Gasteiger partial charge in [-0.2, -0.15) is 0 Å². The summed E-state index contributed by atoms with van der Waals surface area (Å²) in [5.74, 6) is 0. The Morgan fingerprint density at radius 2 is 2.19 bits per heavy atom. The minimum atomic E-state index is 0.222. The van der Waals surface area contributed by atoms with E-state index in [1.54, 1.807) is 0 Å². The highest BCUT2D eigenvalue weighted by Gasteiger charge is 2.21. The number of aryl methyl sites for hydroxylation is 1. The Morgan fingerprint density at radius 1 is 1.25 bits per heavy atom. The lowest BCUT2D eigenvalue weighted by Crippen LogP contribution is -2.39. The van der Waals surface area contributed by atoms with Crippen molar-refractivity contribution < 1.29 is 0 Å². The van der Waals surface area contributed by atoms with Crippen LogP contribution in [0.15, 0.2) is 4.79 Å². The Balaban J connectivity index is 1.77. The number of aromatic nitrogens is 2. The molecule has 0 saturated carbocycles. The predicted octanol–water partition coefficient (Wildman–Crippen LogP) is 0.807. The number of rotatable bonds is 2. The van der Waals surface area contributed by atoms with E-state index in [9.17, 15) is 4.79 Å². The van der Waals surface area contributed by atoms with E-state index in [2.05, 4.69) is 10.4 Å². The molecular weight excluding hydrogens is 202 g/mol. The summed E-state index contributed by atoms with van der Waals surface area (Å²) in [7, 11) is 0. The molecule has 0 aromatic carbocycles. The topological polar surface area (TPSA) is 49.8 Å². The Morgan fingerprint density at radius 3 is 2.94 bits per heavy atom. The molecule has 16 heavy (non-hydrogen) atoms. The lowest BCUT2D eigenvalue weighted by Gasteiger charge is -2.23. The predicted molar refractivity (Wildman–Crippen MR) is 62.7 cm³/mol. The summed E-state index contributed by atoms with van der Waals surface area (Å²) in [6, 6.07) is 0.477. The monoisotopic (exact) mass is 221 g/mol. The number of fused-ring (bicyclic) bond motifs is 1. The van der Waals surface area contributed by atoms with E-state index in [0.717, 1.165) is 37.9 Å². The lowest BCUT2D eigenvalue weighted by molar-refractivity contribution is 0.346. The van der Waals surface area contributed by atoms with Crippen molar-refractivity contribution in [3.05, 3.63) is 21.6 Å². The van der Waals surface area contributed by atoms with Crippen LogP contribution in [0.25, 0.3) is 0 Å². The van der Waals surface area contributed by atoms with Gasteiger partial charge in [-0.25, -0.2) is 0 Å². The van der Waals surface area contributed by atoms with Crippen molar-refractivity contribution in [2.45, 2.75) is 51.1 Å². The zero-order chi connectivity index (χ0) is 11.0. The van der Waals surface area contributed by atoms with Crippen LogP contribution in [0.3, 0.4) is 0 Å². The van der Waals surface area contributed by atoms with Gasteiger partial charge in [0.2, 0.25) is 0 Å². The van der Waals surface area contributed by atoms with Crippen LogP contribution in [0.5, 0.6) is 0 Å². The Bertz CT molecular complexity index is 426. The molecular formula is C12H19N3O. The fraction of sp³-hybridized carbons (Fsp3) is 0.750. The smallest absolute Gasteiger partial charge is 0.269 e. The Labute approximate surface area is 95.0 Å². The second-order valence-electron chi connectivity index (χ2n) is 4.99. The third kappa shape index (κ3) is 1.71. The normalized spacial score (nSPS) is 24.6. The zero-order valence-corrected chi connectivity index (χ0v) is 9.59. The van der Waals surface area contributed by atoms with Gasteiger partial charge in [0.15, 0.2) is 0 Å². The second-order valence-corrected chi connectivity index (χ2v) is 4.99. The van der Waals surface area contributed by atoms with Crippen LogP contribution in [0.4, 0.5) is 0 Å². The van der Waals surface area contributed by atoms with Gasteiger partial charge in [0.25, 0.3) is 5.56 Å². The molecule has 1 unspecified atom stereocenters. The summed E-state index contributed by atoms with van der Waals surface area (Å²) in [6.07, 6.45) is 6.90. The molecule has 3 rings (SSSR count). The van der Waals surface area contributed by atoms with Crippen LogP contribution in [-0.4, -0.2) is 22.4 Å². The van der Waals surface area contributed by atoms with E-state index in [1.807, 2.05) is 4.68 Å². The molecule has 88 valence electrons. The number of piperidine rings is 1. The number of hydrogen-bond donors (Lipinski definition) is 2. The van der Waals surface area contributed by atoms with Crippen molar-refractivity contribution in [1.82, 2.24) is 15.1 Å². The summed E-state index contributed by atoms with van der Waals surface area (Å²) in [5, 5.41) is 6.75. The van der Waals surface area contributed by atoms with Gasteiger partial charge in [0.05, 0.1) is 6.54 Å². The number of nitrogens with one attached hydrogen (secondary N) is 2. The first-order valence-corrected chi connectivity index (χ1v) is 6.38. The minimum Gasteiger partial charge on any atom is -0.312 e. The molecule has 4 nitrogen and oxygen atoms in total. The van der Waals surface area contributed by atoms with Crippen molar-refractivity contribution in [2.24, 2.45) is 0 Å². The SMILES string of the molecule is O=c1c2c([nH]n1CC1CCCCN1)CCC2.